The molecule has 0 saturated heterocycles. The van der Waals surface area contributed by atoms with Crippen molar-refractivity contribution >= 4 is 5.82 Å². The zero-order valence-corrected chi connectivity index (χ0v) is 12.6. The summed E-state index contributed by atoms with van der Waals surface area (Å²) in [6.07, 6.45) is 3.96. The van der Waals surface area contributed by atoms with Crippen LogP contribution in [0.15, 0.2) is 12.3 Å². The van der Waals surface area contributed by atoms with Crippen LogP contribution in [0.2, 0.25) is 0 Å². The predicted molar refractivity (Wildman–Crippen MR) is 80.1 cm³/mol. The molecular weight excluding hydrogens is 238 g/mol. The lowest BCUT2D eigenvalue weighted by Gasteiger charge is -2.28. The van der Waals surface area contributed by atoms with E-state index in [0.717, 1.165) is 30.5 Å². The molecule has 0 fully saturated rings. The summed E-state index contributed by atoms with van der Waals surface area (Å²) in [6.45, 7) is 10.0. The quantitative estimate of drug-likeness (QED) is 0.759. The number of anilines is 1. The molecule has 1 aromatic heterocycles. The number of aryl methyl sites for hydroxylation is 1. The van der Waals surface area contributed by atoms with Crippen LogP contribution in [-0.2, 0) is 4.74 Å². The Balaban J connectivity index is 3.03. The molecule has 0 amide bonds. The van der Waals surface area contributed by atoms with Gasteiger partial charge in [-0.1, -0.05) is 13.8 Å². The van der Waals surface area contributed by atoms with Crippen molar-refractivity contribution in [3.63, 3.8) is 0 Å². The van der Waals surface area contributed by atoms with Gasteiger partial charge in [-0.05, 0) is 44.9 Å². The number of nitrogen functional groups attached to an aromatic ring is 1. The van der Waals surface area contributed by atoms with E-state index >= 15 is 0 Å². The summed E-state index contributed by atoms with van der Waals surface area (Å²) in [5.41, 5.74) is 8.22. The first kappa shape index (κ1) is 15.9. The van der Waals surface area contributed by atoms with Crippen LogP contribution in [0.4, 0.5) is 5.82 Å². The van der Waals surface area contributed by atoms with E-state index in [1.165, 1.54) is 0 Å². The number of nitrogens with zero attached hydrogens (tertiary/aromatic N) is 1. The minimum Gasteiger partial charge on any atom is -0.383 e. The highest BCUT2D eigenvalue weighted by Crippen LogP contribution is 2.26. The second-order valence-corrected chi connectivity index (χ2v) is 4.82. The Morgan fingerprint density at radius 2 is 2.11 bits per heavy atom. The van der Waals surface area contributed by atoms with Gasteiger partial charge in [-0.25, -0.2) is 4.98 Å². The Morgan fingerprint density at radius 3 is 2.68 bits per heavy atom. The molecule has 1 aromatic rings. The summed E-state index contributed by atoms with van der Waals surface area (Å²) in [7, 11) is 0. The maximum absolute atomic E-state index is 6.04. The number of nitrogens with one attached hydrogen (secondary N) is 1. The lowest BCUT2D eigenvalue weighted by molar-refractivity contribution is 0.0315. The van der Waals surface area contributed by atoms with Crippen LogP contribution in [0.3, 0.4) is 0 Å². The Bertz CT molecular complexity index is 382. The molecule has 108 valence electrons. The van der Waals surface area contributed by atoms with Crippen LogP contribution in [0.25, 0.3) is 0 Å². The number of hydrogen-bond donors (Lipinski definition) is 2. The minimum atomic E-state index is 0.109. The monoisotopic (exact) mass is 265 g/mol. The van der Waals surface area contributed by atoms with Crippen molar-refractivity contribution in [3.8, 4) is 0 Å². The summed E-state index contributed by atoms with van der Waals surface area (Å²) >= 11 is 0. The molecule has 2 unspecified atom stereocenters. The number of rotatable bonds is 8. The first-order valence-electron chi connectivity index (χ1n) is 7.20. The fourth-order valence-corrected chi connectivity index (χ4v) is 2.26. The highest BCUT2D eigenvalue weighted by molar-refractivity contribution is 5.43. The number of ether oxygens (including phenoxy) is 1. The first-order valence-corrected chi connectivity index (χ1v) is 7.20. The number of aromatic nitrogens is 1. The third kappa shape index (κ3) is 4.48. The molecule has 3 N–H and O–H groups in total. The normalized spacial score (nSPS) is 14.3. The van der Waals surface area contributed by atoms with Crippen LogP contribution in [0.1, 0.15) is 50.8 Å². The van der Waals surface area contributed by atoms with Crippen LogP contribution < -0.4 is 11.1 Å². The van der Waals surface area contributed by atoms with Gasteiger partial charge >= 0.3 is 0 Å². The fourth-order valence-electron chi connectivity index (χ4n) is 2.26. The van der Waals surface area contributed by atoms with Gasteiger partial charge in [0.15, 0.2) is 0 Å². The van der Waals surface area contributed by atoms with Gasteiger partial charge in [0.1, 0.15) is 5.82 Å². The molecule has 4 nitrogen and oxygen atoms in total. The average Bonchev–Trinajstić information content (AvgIpc) is 2.41. The molecule has 0 spiro atoms. The Kier molecular flexibility index (Phi) is 6.81. The fraction of sp³-hybridized carbons (Fsp3) is 0.667. The van der Waals surface area contributed by atoms with Crippen molar-refractivity contribution in [3.05, 3.63) is 23.4 Å². The third-order valence-electron chi connectivity index (χ3n) is 3.19. The van der Waals surface area contributed by atoms with Crippen molar-refractivity contribution in [2.24, 2.45) is 0 Å². The summed E-state index contributed by atoms with van der Waals surface area (Å²) in [5, 5.41) is 3.54. The minimum absolute atomic E-state index is 0.109. The summed E-state index contributed by atoms with van der Waals surface area (Å²) < 4.78 is 5.85. The van der Waals surface area contributed by atoms with Crippen LogP contribution in [0, 0.1) is 6.92 Å². The van der Waals surface area contributed by atoms with Crippen molar-refractivity contribution in [2.75, 3.05) is 18.9 Å². The Hall–Kier alpha value is -1.13. The molecule has 0 aliphatic rings. The van der Waals surface area contributed by atoms with E-state index in [4.69, 9.17) is 10.5 Å². The number of nitrogens with two attached hydrogens (primary N) is 1. The third-order valence-corrected chi connectivity index (χ3v) is 3.19. The van der Waals surface area contributed by atoms with Crippen molar-refractivity contribution < 1.29 is 4.74 Å². The number of pyridine rings is 1. The largest absolute Gasteiger partial charge is 0.383 e. The summed E-state index contributed by atoms with van der Waals surface area (Å²) in [6, 6.07) is 2.22. The first-order chi connectivity index (χ1) is 9.13. The molecule has 0 aliphatic carbocycles. The molecule has 4 heteroatoms. The van der Waals surface area contributed by atoms with E-state index in [1.54, 1.807) is 6.20 Å². The van der Waals surface area contributed by atoms with Gasteiger partial charge in [0.2, 0.25) is 0 Å². The van der Waals surface area contributed by atoms with Crippen molar-refractivity contribution in [2.45, 2.75) is 52.7 Å². The van der Waals surface area contributed by atoms with E-state index in [0.29, 0.717) is 12.4 Å². The topological polar surface area (TPSA) is 60.2 Å². The molecule has 2 atom stereocenters. The van der Waals surface area contributed by atoms with E-state index in [9.17, 15) is 0 Å². The van der Waals surface area contributed by atoms with Gasteiger partial charge in [-0.2, -0.15) is 0 Å². The number of hydrogen-bond acceptors (Lipinski definition) is 4. The zero-order chi connectivity index (χ0) is 14.3. The molecule has 0 bridgehead atoms. The second-order valence-electron chi connectivity index (χ2n) is 4.82. The van der Waals surface area contributed by atoms with Crippen LogP contribution in [-0.4, -0.2) is 24.2 Å². The van der Waals surface area contributed by atoms with Crippen molar-refractivity contribution in [1.82, 2.24) is 10.3 Å². The Morgan fingerprint density at radius 1 is 1.37 bits per heavy atom. The van der Waals surface area contributed by atoms with Gasteiger partial charge in [0.05, 0.1) is 12.1 Å². The van der Waals surface area contributed by atoms with Gasteiger partial charge in [0, 0.05) is 18.4 Å². The molecule has 1 heterocycles. The average molecular weight is 265 g/mol. The molecule has 19 heavy (non-hydrogen) atoms. The van der Waals surface area contributed by atoms with E-state index in [1.807, 2.05) is 13.8 Å². The predicted octanol–water partition coefficient (Wildman–Crippen LogP) is 2.83. The lowest BCUT2D eigenvalue weighted by Crippen LogP contribution is -2.35. The van der Waals surface area contributed by atoms with Crippen LogP contribution in [0.5, 0.6) is 0 Å². The zero-order valence-electron chi connectivity index (χ0n) is 12.6. The highest BCUT2D eigenvalue weighted by Gasteiger charge is 2.24. The van der Waals surface area contributed by atoms with Gasteiger partial charge in [0.25, 0.3) is 0 Å². The molecule has 0 saturated carbocycles. The standard InChI is InChI=1S/C15H27N3O/c1-5-8-17-14(13(6-2)19-7-3)12-9-11(4)10-18-15(12)16/h9-10,13-14,17H,5-8H2,1-4H3,(H2,16,18). The Labute approximate surface area is 116 Å². The lowest BCUT2D eigenvalue weighted by atomic mass is 9.98. The molecule has 0 aliphatic heterocycles. The van der Waals surface area contributed by atoms with Gasteiger partial charge in [-0.15, -0.1) is 0 Å². The van der Waals surface area contributed by atoms with E-state index < -0.39 is 0 Å². The molecule has 0 aromatic carbocycles. The van der Waals surface area contributed by atoms with Gasteiger partial charge < -0.3 is 15.8 Å². The van der Waals surface area contributed by atoms with E-state index in [-0.39, 0.29) is 12.1 Å². The molecular formula is C15H27N3O. The second kappa shape index (κ2) is 8.12. The maximum atomic E-state index is 6.04. The van der Waals surface area contributed by atoms with E-state index in [2.05, 4.69) is 30.2 Å². The SMILES string of the molecule is CCCNC(c1cc(C)cnc1N)C(CC)OCC. The highest BCUT2D eigenvalue weighted by atomic mass is 16.5. The van der Waals surface area contributed by atoms with Crippen LogP contribution >= 0.6 is 0 Å². The van der Waals surface area contributed by atoms with Crippen molar-refractivity contribution in [1.29, 1.82) is 0 Å². The smallest absolute Gasteiger partial charge is 0.128 e. The maximum Gasteiger partial charge on any atom is 0.128 e. The molecule has 0 radical (unpaired) electrons. The molecule has 1 rings (SSSR count). The summed E-state index contributed by atoms with van der Waals surface area (Å²) in [5.74, 6) is 0.595. The van der Waals surface area contributed by atoms with Gasteiger partial charge in [-0.3, -0.25) is 0 Å². The summed E-state index contributed by atoms with van der Waals surface area (Å²) in [4.78, 5) is 4.27.